The second-order valence-corrected chi connectivity index (χ2v) is 14.1. The molecule has 51 heavy (non-hydrogen) atoms. The normalized spacial score (nSPS) is 24.5. The van der Waals surface area contributed by atoms with Gasteiger partial charge in [0.05, 0.1) is 6.61 Å². The van der Waals surface area contributed by atoms with Crippen molar-refractivity contribution in [3.8, 4) is 0 Å². The molecule has 0 radical (unpaired) electrons. The molecule has 0 spiro atoms. The average Bonchev–Trinajstić information content (AvgIpc) is 3.10. The number of carbonyl (C=O) groups is 2. The third-order valence-corrected chi connectivity index (χ3v) is 9.17. The zero-order valence-corrected chi connectivity index (χ0v) is 31.3. The molecule has 0 saturated heterocycles. The summed E-state index contributed by atoms with van der Waals surface area (Å²) in [5.41, 5.74) is 0. The van der Waals surface area contributed by atoms with Gasteiger partial charge in [-0.25, -0.2) is 4.57 Å². The van der Waals surface area contributed by atoms with Crippen LogP contribution in [0.1, 0.15) is 117 Å². The van der Waals surface area contributed by atoms with Crippen LogP contribution in [0.25, 0.3) is 0 Å². The Labute approximate surface area is 303 Å². The number of esters is 2. The van der Waals surface area contributed by atoms with Gasteiger partial charge in [-0.15, -0.1) is 0 Å². The zero-order valence-electron chi connectivity index (χ0n) is 30.4. The fourth-order valence-corrected chi connectivity index (χ4v) is 6.13. The van der Waals surface area contributed by atoms with Crippen LogP contribution in [0.5, 0.6) is 0 Å². The summed E-state index contributed by atoms with van der Waals surface area (Å²) in [5.74, 6) is -1.15. The molecule has 6 atom stereocenters. The topological polar surface area (TPSA) is 210 Å². The highest BCUT2D eigenvalue weighted by Crippen LogP contribution is 2.47. The van der Waals surface area contributed by atoms with E-state index in [1.807, 2.05) is 0 Å². The van der Waals surface area contributed by atoms with Gasteiger partial charge in [-0.1, -0.05) is 101 Å². The third kappa shape index (κ3) is 21.8. The number of hydrogen-bond donors (Lipinski definition) is 6. The van der Waals surface area contributed by atoms with Gasteiger partial charge in [0.25, 0.3) is 0 Å². The van der Waals surface area contributed by atoms with Crippen molar-refractivity contribution >= 4 is 19.8 Å². The van der Waals surface area contributed by atoms with Crippen LogP contribution < -0.4 is 0 Å². The van der Waals surface area contributed by atoms with Crippen molar-refractivity contribution < 1.29 is 63.1 Å². The van der Waals surface area contributed by atoms with Crippen LogP contribution in [0, 0.1) is 0 Å². The Hall–Kier alpha value is -2.19. The van der Waals surface area contributed by atoms with Gasteiger partial charge in [-0.05, 0) is 51.4 Å². The predicted octanol–water partition coefficient (Wildman–Crippen LogP) is 5.27. The zero-order chi connectivity index (χ0) is 37.9. The van der Waals surface area contributed by atoms with Crippen LogP contribution in [-0.4, -0.2) is 98.3 Å². The number of allylic oxidation sites excluding steroid dienone is 8. The van der Waals surface area contributed by atoms with Gasteiger partial charge in [-0.3, -0.25) is 18.6 Å². The number of phosphoric ester groups is 1. The van der Waals surface area contributed by atoms with Crippen molar-refractivity contribution in [1.29, 1.82) is 0 Å². The van der Waals surface area contributed by atoms with E-state index in [4.69, 9.17) is 18.5 Å². The maximum absolute atomic E-state index is 12.7. The summed E-state index contributed by atoms with van der Waals surface area (Å²) in [6, 6.07) is 0. The van der Waals surface area contributed by atoms with Crippen LogP contribution in [0.2, 0.25) is 0 Å². The first-order valence-corrected chi connectivity index (χ1v) is 19.9. The smallest absolute Gasteiger partial charge is 0.462 e. The minimum atomic E-state index is -5.11. The Morgan fingerprint density at radius 1 is 0.627 bits per heavy atom. The van der Waals surface area contributed by atoms with E-state index >= 15 is 0 Å². The summed E-state index contributed by atoms with van der Waals surface area (Å²) >= 11 is 0. The molecule has 6 unspecified atom stereocenters. The molecule has 0 aromatic heterocycles. The molecule has 14 heteroatoms. The highest BCUT2D eigenvalue weighted by molar-refractivity contribution is 7.47. The van der Waals surface area contributed by atoms with Gasteiger partial charge in [0.1, 0.15) is 43.2 Å². The van der Waals surface area contributed by atoms with Crippen molar-refractivity contribution in [2.45, 2.75) is 159 Å². The summed E-state index contributed by atoms with van der Waals surface area (Å²) in [7, 11) is -5.11. The third-order valence-electron chi connectivity index (χ3n) is 8.18. The molecule has 0 bridgehead atoms. The van der Waals surface area contributed by atoms with Crippen LogP contribution in [0.15, 0.2) is 48.6 Å². The largest absolute Gasteiger partial charge is 0.472 e. The maximum Gasteiger partial charge on any atom is 0.472 e. The van der Waals surface area contributed by atoms with E-state index in [9.17, 15) is 44.6 Å². The molecule has 1 saturated carbocycles. The van der Waals surface area contributed by atoms with Gasteiger partial charge in [0, 0.05) is 12.8 Å². The number of unbranched alkanes of at least 4 members (excludes halogenated alkanes) is 8. The second-order valence-electron chi connectivity index (χ2n) is 12.7. The number of aliphatic hydroxyl groups is 5. The predicted molar refractivity (Wildman–Crippen MR) is 193 cm³/mol. The molecule has 0 aliphatic heterocycles. The van der Waals surface area contributed by atoms with Crippen molar-refractivity contribution in [1.82, 2.24) is 0 Å². The summed E-state index contributed by atoms with van der Waals surface area (Å²) < 4.78 is 33.1. The Morgan fingerprint density at radius 3 is 1.69 bits per heavy atom. The van der Waals surface area contributed by atoms with E-state index in [0.29, 0.717) is 12.8 Å². The summed E-state index contributed by atoms with van der Waals surface area (Å²) in [6.45, 7) is 3.00. The molecule has 0 aromatic carbocycles. The van der Waals surface area contributed by atoms with E-state index in [1.165, 1.54) is 0 Å². The maximum atomic E-state index is 12.7. The minimum absolute atomic E-state index is 0.0672. The van der Waals surface area contributed by atoms with Gasteiger partial charge in [0.15, 0.2) is 6.10 Å². The highest BCUT2D eigenvalue weighted by atomic mass is 31.2. The molecule has 13 nitrogen and oxygen atoms in total. The summed E-state index contributed by atoms with van der Waals surface area (Å²) in [4.78, 5) is 35.1. The van der Waals surface area contributed by atoms with Crippen molar-refractivity contribution in [3.63, 3.8) is 0 Å². The first-order valence-electron chi connectivity index (χ1n) is 18.4. The van der Waals surface area contributed by atoms with Crippen molar-refractivity contribution in [3.05, 3.63) is 48.6 Å². The highest BCUT2D eigenvalue weighted by Gasteiger charge is 2.51. The second kappa shape index (κ2) is 28.3. The Balaban J connectivity index is 2.51. The first-order chi connectivity index (χ1) is 24.4. The van der Waals surface area contributed by atoms with E-state index in [1.54, 1.807) is 0 Å². The van der Waals surface area contributed by atoms with Gasteiger partial charge < -0.3 is 39.9 Å². The molecule has 1 fully saturated rings. The summed E-state index contributed by atoms with van der Waals surface area (Å²) in [5, 5.41) is 49.7. The molecule has 1 aliphatic carbocycles. The molecule has 294 valence electrons. The lowest BCUT2D eigenvalue weighted by atomic mass is 9.85. The monoisotopic (exact) mass is 746 g/mol. The Kier molecular flexibility index (Phi) is 26.0. The number of rotatable bonds is 28. The number of ether oxygens (including phenoxy) is 2. The van der Waals surface area contributed by atoms with Gasteiger partial charge in [0.2, 0.25) is 0 Å². The van der Waals surface area contributed by atoms with Crippen LogP contribution in [0.3, 0.4) is 0 Å². The van der Waals surface area contributed by atoms with Crippen molar-refractivity contribution in [2.24, 2.45) is 0 Å². The summed E-state index contributed by atoms with van der Waals surface area (Å²) in [6.07, 6.45) is 16.8. The molecule has 0 aromatic rings. The van der Waals surface area contributed by atoms with E-state index in [-0.39, 0.29) is 12.8 Å². The van der Waals surface area contributed by atoms with Crippen LogP contribution in [-0.2, 0) is 32.7 Å². The lowest BCUT2D eigenvalue weighted by molar-refractivity contribution is -0.220. The average molecular weight is 747 g/mol. The van der Waals surface area contributed by atoms with Gasteiger partial charge in [-0.2, -0.15) is 0 Å². The standard InChI is InChI=1S/C37H63O13P/c1-3-5-7-9-10-11-12-13-14-15-16-17-18-19-20-22-24-26-31(39)49-29(27-47-30(38)25-23-21-8-6-4-2)28-48-51(45,46)50-37-35(43)33(41)32(40)34(42)36(37)44/h5,7,10-11,13-14,16-17,29,32-37,40-44H,3-4,6,8-9,12,15,18-28H2,1-2H3,(H,45,46)/b7-5-,11-10-,14-13-,17-16-. The quantitative estimate of drug-likeness (QED) is 0.0261. The lowest BCUT2D eigenvalue weighted by Crippen LogP contribution is -2.64. The van der Waals surface area contributed by atoms with Crippen LogP contribution in [0.4, 0.5) is 0 Å². The lowest BCUT2D eigenvalue weighted by Gasteiger charge is -2.41. The number of aliphatic hydroxyl groups excluding tert-OH is 5. The van der Waals surface area contributed by atoms with E-state index < -0.39 is 75.7 Å². The minimum Gasteiger partial charge on any atom is -0.462 e. The molecular weight excluding hydrogens is 683 g/mol. The number of hydrogen-bond acceptors (Lipinski definition) is 12. The molecule has 0 amide bonds. The van der Waals surface area contributed by atoms with Crippen LogP contribution >= 0.6 is 7.82 Å². The van der Waals surface area contributed by atoms with E-state index in [2.05, 4.69) is 62.5 Å². The number of phosphoric acid groups is 1. The fourth-order valence-electron chi connectivity index (χ4n) is 5.16. The fraction of sp³-hybridized carbons (Fsp3) is 0.730. The number of carbonyl (C=O) groups excluding carboxylic acids is 2. The SMILES string of the molecule is CC/C=C\C/C=C\C/C=C\C/C=C\CCCCCCC(=O)OC(COC(=O)CCCCCCC)COP(=O)(O)OC1C(O)C(O)C(O)C(O)C1O. The van der Waals surface area contributed by atoms with Crippen molar-refractivity contribution in [2.75, 3.05) is 13.2 Å². The van der Waals surface area contributed by atoms with E-state index in [0.717, 1.165) is 77.0 Å². The van der Waals surface area contributed by atoms with Gasteiger partial charge >= 0.3 is 19.8 Å². The molecular formula is C37H63O13P. The molecule has 1 rings (SSSR count). The molecule has 6 N–H and O–H groups in total. The molecule has 1 aliphatic rings. The Morgan fingerprint density at radius 2 is 1.12 bits per heavy atom. The first kappa shape index (κ1) is 46.8. The molecule has 0 heterocycles. The Bertz CT molecular complexity index is 1090.